The minimum Gasteiger partial charge on any atom is -0.308 e. The highest BCUT2D eigenvalue weighted by Crippen LogP contribution is 2.07. The highest BCUT2D eigenvalue weighted by atomic mass is 35.5. The second kappa shape index (κ2) is 5.48. The van der Waals surface area contributed by atoms with Crippen LogP contribution in [0.25, 0.3) is 0 Å². The van der Waals surface area contributed by atoms with E-state index in [9.17, 15) is 0 Å². The summed E-state index contributed by atoms with van der Waals surface area (Å²) in [7, 11) is 0. The van der Waals surface area contributed by atoms with E-state index in [0.29, 0.717) is 12.1 Å². The van der Waals surface area contributed by atoms with Crippen LogP contribution in [0.5, 0.6) is 0 Å². The van der Waals surface area contributed by atoms with Crippen molar-refractivity contribution < 1.29 is 0 Å². The van der Waals surface area contributed by atoms with Crippen LogP contribution in [-0.4, -0.2) is 11.1 Å². The Morgan fingerprint density at radius 3 is 2.80 bits per heavy atom. The first-order valence-corrected chi connectivity index (χ1v) is 3.98. The van der Waals surface area contributed by atoms with Gasteiger partial charge in [-0.2, -0.15) is 0 Å². The van der Waals surface area contributed by atoms with Crippen LogP contribution < -0.4 is 0 Å². The third-order valence-corrected chi connectivity index (χ3v) is 1.71. The minimum atomic E-state index is -0.127. The highest BCUT2D eigenvalue weighted by molar-refractivity contribution is 6.31. The lowest BCUT2D eigenvalue weighted by atomic mass is 10.1. The van der Waals surface area contributed by atoms with Gasteiger partial charge in [-0.05, 0) is 12.8 Å². The molecule has 0 aliphatic carbocycles. The van der Waals surface area contributed by atoms with Gasteiger partial charge in [-0.15, -0.1) is 18.2 Å². The lowest BCUT2D eigenvalue weighted by Gasteiger charge is -2.06. The number of nitrogens with one attached hydrogen (secondary N) is 1. The van der Waals surface area contributed by atoms with Gasteiger partial charge in [0.15, 0.2) is 0 Å². The van der Waals surface area contributed by atoms with Crippen molar-refractivity contribution in [2.24, 2.45) is 0 Å². The Kier molecular flexibility index (Phi) is 5.32. The lowest BCUT2D eigenvalue weighted by molar-refractivity contribution is 0.939. The van der Waals surface area contributed by atoms with Gasteiger partial charge >= 0.3 is 0 Å². The summed E-state index contributed by atoms with van der Waals surface area (Å²) in [4.78, 5) is 0. The molecule has 0 aromatic carbocycles. The molecule has 10 heavy (non-hydrogen) atoms. The van der Waals surface area contributed by atoms with E-state index in [2.05, 4.69) is 6.58 Å². The predicted octanol–water partition coefficient (Wildman–Crippen LogP) is 2.99. The van der Waals surface area contributed by atoms with Crippen LogP contribution in [0.3, 0.4) is 0 Å². The Bertz CT molecular complexity index is 120. The molecular weight excluding hydrogens is 146 g/mol. The van der Waals surface area contributed by atoms with E-state index >= 15 is 0 Å². The van der Waals surface area contributed by atoms with Gasteiger partial charge in [0.05, 0.1) is 5.38 Å². The lowest BCUT2D eigenvalue weighted by Crippen LogP contribution is -2.11. The molecule has 0 saturated carbocycles. The Hall–Kier alpha value is -0.300. The molecule has 1 nitrogen and oxygen atoms in total. The fourth-order valence-corrected chi connectivity index (χ4v) is 0.950. The van der Waals surface area contributed by atoms with Crippen molar-refractivity contribution in [2.45, 2.75) is 31.6 Å². The van der Waals surface area contributed by atoms with Crippen LogP contribution in [0.4, 0.5) is 0 Å². The third kappa shape index (κ3) is 3.67. The quantitative estimate of drug-likeness (QED) is 0.362. The molecular formula is C8H14ClN. The number of alkyl halides is 1. The molecule has 0 radical (unpaired) electrons. The van der Waals surface area contributed by atoms with Gasteiger partial charge in [0.25, 0.3) is 0 Å². The van der Waals surface area contributed by atoms with Gasteiger partial charge < -0.3 is 5.41 Å². The largest absolute Gasteiger partial charge is 0.308 e. The average molecular weight is 160 g/mol. The summed E-state index contributed by atoms with van der Waals surface area (Å²) in [6.07, 6.45) is 4.27. The Morgan fingerprint density at radius 1 is 1.80 bits per heavy atom. The summed E-state index contributed by atoms with van der Waals surface area (Å²) >= 11 is 5.81. The van der Waals surface area contributed by atoms with Crippen LogP contribution in [0.1, 0.15) is 26.2 Å². The second-order valence-corrected chi connectivity index (χ2v) is 2.79. The van der Waals surface area contributed by atoms with E-state index in [-0.39, 0.29) is 5.38 Å². The van der Waals surface area contributed by atoms with Crippen molar-refractivity contribution in [3.05, 3.63) is 12.7 Å². The first kappa shape index (κ1) is 9.70. The van der Waals surface area contributed by atoms with Gasteiger partial charge in [-0.1, -0.05) is 19.4 Å². The molecule has 0 saturated heterocycles. The van der Waals surface area contributed by atoms with E-state index in [1.165, 1.54) is 0 Å². The smallest absolute Gasteiger partial charge is 0.0745 e. The molecule has 1 N–H and O–H groups in total. The molecule has 0 aliphatic rings. The molecule has 0 aromatic heterocycles. The first-order valence-electron chi connectivity index (χ1n) is 3.54. The van der Waals surface area contributed by atoms with Crippen molar-refractivity contribution >= 4 is 17.3 Å². The molecule has 0 aliphatic heterocycles. The van der Waals surface area contributed by atoms with Gasteiger partial charge in [-0.3, -0.25) is 0 Å². The monoisotopic (exact) mass is 159 g/mol. The minimum absolute atomic E-state index is 0.127. The summed E-state index contributed by atoms with van der Waals surface area (Å²) in [5, 5.41) is 7.29. The Labute approximate surface area is 67.6 Å². The van der Waals surface area contributed by atoms with Crippen molar-refractivity contribution in [1.82, 2.24) is 0 Å². The first-order chi connectivity index (χ1) is 4.72. The van der Waals surface area contributed by atoms with Crippen LogP contribution in [-0.2, 0) is 0 Å². The summed E-state index contributed by atoms with van der Waals surface area (Å²) in [6, 6.07) is 0. The Morgan fingerprint density at radius 2 is 2.40 bits per heavy atom. The maximum absolute atomic E-state index is 7.42. The second-order valence-electron chi connectivity index (χ2n) is 2.27. The molecule has 0 spiro atoms. The third-order valence-electron chi connectivity index (χ3n) is 1.27. The van der Waals surface area contributed by atoms with E-state index in [0.717, 1.165) is 12.8 Å². The van der Waals surface area contributed by atoms with Crippen molar-refractivity contribution in [3.63, 3.8) is 0 Å². The highest BCUT2D eigenvalue weighted by Gasteiger charge is 2.06. The fraction of sp³-hybridized carbons (Fsp3) is 0.625. The van der Waals surface area contributed by atoms with Gasteiger partial charge in [0.2, 0.25) is 0 Å². The van der Waals surface area contributed by atoms with Crippen molar-refractivity contribution in [1.29, 1.82) is 5.41 Å². The molecule has 2 heteroatoms. The number of hydrogen-bond donors (Lipinski definition) is 1. The molecule has 58 valence electrons. The normalized spacial score (nSPS) is 12.6. The molecule has 0 rings (SSSR count). The van der Waals surface area contributed by atoms with Gasteiger partial charge in [0, 0.05) is 5.71 Å². The molecule has 1 unspecified atom stereocenters. The van der Waals surface area contributed by atoms with Gasteiger partial charge in [0.1, 0.15) is 0 Å². The van der Waals surface area contributed by atoms with Crippen molar-refractivity contribution in [2.75, 3.05) is 0 Å². The predicted molar refractivity (Wildman–Crippen MR) is 47.1 cm³/mol. The van der Waals surface area contributed by atoms with E-state index in [1.807, 2.05) is 6.92 Å². The summed E-state index contributed by atoms with van der Waals surface area (Å²) in [5.41, 5.74) is 0.629. The zero-order valence-electron chi connectivity index (χ0n) is 6.36. The maximum Gasteiger partial charge on any atom is 0.0745 e. The summed E-state index contributed by atoms with van der Waals surface area (Å²) in [6.45, 7) is 5.61. The Balaban J connectivity index is 3.58. The fourth-order valence-electron chi connectivity index (χ4n) is 0.715. The van der Waals surface area contributed by atoms with Crippen LogP contribution in [0, 0.1) is 5.41 Å². The zero-order valence-corrected chi connectivity index (χ0v) is 7.12. The van der Waals surface area contributed by atoms with Crippen molar-refractivity contribution in [3.8, 4) is 0 Å². The standard InChI is InChI=1S/C8H14ClN/c1-3-5-7(9)8(10)6-4-2/h3,7,10H,1,4-6H2,2H3. The number of halogens is 1. The number of rotatable bonds is 5. The van der Waals surface area contributed by atoms with Gasteiger partial charge in [-0.25, -0.2) is 0 Å². The van der Waals surface area contributed by atoms with E-state index < -0.39 is 0 Å². The zero-order chi connectivity index (χ0) is 7.98. The molecule has 0 heterocycles. The summed E-state index contributed by atoms with van der Waals surface area (Å²) in [5.74, 6) is 0. The summed E-state index contributed by atoms with van der Waals surface area (Å²) < 4.78 is 0. The van der Waals surface area contributed by atoms with E-state index in [4.69, 9.17) is 17.0 Å². The molecule has 0 bridgehead atoms. The molecule has 0 fully saturated rings. The van der Waals surface area contributed by atoms with Crippen LogP contribution in [0.2, 0.25) is 0 Å². The molecule has 1 atom stereocenters. The number of allylic oxidation sites excluding steroid dienone is 1. The average Bonchev–Trinajstić information content (AvgIpc) is 1.89. The molecule has 0 amide bonds. The molecule has 0 aromatic rings. The number of hydrogen-bond acceptors (Lipinski definition) is 1. The van der Waals surface area contributed by atoms with Crippen LogP contribution in [0.15, 0.2) is 12.7 Å². The van der Waals surface area contributed by atoms with E-state index in [1.54, 1.807) is 6.08 Å². The van der Waals surface area contributed by atoms with Crippen LogP contribution >= 0.6 is 11.6 Å². The SMILES string of the molecule is C=CCC(Cl)C(=N)CCC. The maximum atomic E-state index is 7.42. The topological polar surface area (TPSA) is 23.9 Å².